The van der Waals surface area contributed by atoms with Crippen LogP contribution >= 0.6 is 23.4 Å². The van der Waals surface area contributed by atoms with E-state index >= 15 is 0 Å². The van der Waals surface area contributed by atoms with Gasteiger partial charge in [-0.2, -0.15) is 11.8 Å². The highest BCUT2D eigenvalue weighted by Gasteiger charge is 2.22. The van der Waals surface area contributed by atoms with Crippen LogP contribution in [-0.2, 0) is 4.79 Å². The van der Waals surface area contributed by atoms with E-state index in [-0.39, 0.29) is 0 Å². The molecule has 0 atom stereocenters. The van der Waals surface area contributed by atoms with Crippen molar-refractivity contribution < 1.29 is 4.79 Å². The van der Waals surface area contributed by atoms with Gasteiger partial charge in [-0.05, 0) is 50.5 Å². The average Bonchev–Trinajstić information content (AvgIpc) is 2.30. The quantitative estimate of drug-likeness (QED) is 0.694. The zero-order valence-corrected chi connectivity index (χ0v) is 12.5. The van der Waals surface area contributed by atoms with Crippen molar-refractivity contribution in [3.05, 3.63) is 0 Å². The van der Waals surface area contributed by atoms with Crippen molar-refractivity contribution in [2.24, 2.45) is 5.92 Å². The number of nitrogens with zero attached hydrogens (tertiary/aromatic N) is 1. The van der Waals surface area contributed by atoms with Crippen LogP contribution in [0.5, 0.6) is 0 Å². The van der Waals surface area contributed by atoms with E-state index in [1.54, 1.807) is 0 Å². The molecule has 0 aromatic heterocycles. The maximum Gasteiger partial charge on any atom is 0.223 e. The number of thioether (sulfide) groups is 1. The fourth-order valence-corrected chi connectivity index (χ4v) is 3.54. The van der Waals surface area contributed by atoms with E-state index in [1.165, 1.54) is 24.3 Å². The van der Waals surface area contributed by atoms with Gasteiger partial charge in [-0.15, -0.1) is 11.6 Å². The Hall–Kier alpha value is 0.110. The third kappa shape index (κ3) is 5.52. The van der Waals surface area contributed by atoms with Crippen LogP contribution in [0.25, 0.3) is 0 Å². The van der Waals surface area contributed by atoms with Crippen molar-refractivity contribution >= 4 is 29.3 Å². The summed E-state index contributed by atoms with van der Waals surface area (Å²) in [6, 6.07) is 0.295. The Morgan fingerprint density at radius 1 is 1.41 bits per heavy atom. The molecule has 100 valence electrons. The fraction of sp³-hybridized carbons (Fsp3) is 0.923. The van der Waals surface area contributed by atoms with Crippen molar-refractivity contribution in [2.45, 2.75) is 45.6 Å². The monoisotopic (exact) mass is 277 g/mol. The maximum absolute atomic E-state index is 12.2. The molecule has 1 heterocycles. The molecule has 0 radical (unpaired) electrons. The first-order chi connectivity index (χ1) is 8.15. The van der Waals surface area contributed by atoms with Crippen molar-refractivity contribution in [3.8, 4) is 0 Å². The van der Waals surface area contributed by atoms with Crippen LogP contribution in [0.15, 0.2) is 0 Å². The van der Waals surface area contributed by atoms with Crippen LogP contribution in [0.2, 0.25) is 0 Å². The zero-order valence-electron chi connectivity index (χ0n) is 11.0. The summed E-state index contributed by atoms with van der Waals surface area (Å²) in [5.74, 6) is 4.02. The minimum Gasteiger partial charge on any atom is -0.340 e. The molecular weight excluding hydrogens is 254 g/mol. The van der Waals surface area contributed by atoms with E-state index in [0.717, 1.165) is 19.4 Å². The number of carbonyl (C=O) groups is 1. The maximum atomic E-state index is 12.2. The van der Waals surface area contributed by atoms with E-state index in [9.17, 15) is 4.79 Å². The van der Waals surface area contributed by atoms with Gasteiger partial charge >= 0.3 is 0 Å². The lowest BCUT2D eigenvalue weighted by Crippen LogP contribution is -2.39. The predicted molar refractivity (Wildman–Crippen MR) is 76.9 cm³/mol. The number of amides is 1. The normalized spacial score (nSPS) is 17.4. The van der Waals surface area contributed by atoms with Crippen LogP contribution in [0.3, 0.4) is 0 Å². The van der Waals surface area contributed by atoms with Crippen molar-refractivity contribution in [3.63, 3.8) is 0 Å². The molecule has 0 aromatic carbocycles. The molecule has 1 aliphatic rings. The third-order valence-electron chi connectivity index (χ3n) is 3.28. The van der Waals surface area contributed by atoms with Gasteiger partial charge in [-0.1, -0.05) is 0 Å². The second kappa shape index (κ2) is 8.25. The van der Waals surface area contributed by atoms with E-state index in [1.807, 2.05) is 16.7 Å². The average molecular weight is 278 g/mol. The van der Waals surface area contributed by atoms with Gasteiger partial charge in [0.1, 0.15) is 0 Å². The number of rotatable bonds is 6. The largest absolute Gasteiger partial charge is 0.340 e. The van der Waals surface area contributed by atoms with Crippen LogP contribution in [0.4, 0.5) is 0 Å². The van der Waals surface area contributed by atoms with Crippen LogP contribution in [0, 0.1) is 5.92 Å². The highest BCUT2D eigenvalue weighted by Crippen LogP contribution is 2.26. The summed E-state index contributed by atoms with van der Waals surface area (Å²) in [6.45, 7) is 4.98. The summed E-state index contributed by atoms with van der Waals surface area (Å²) in [6.07, 6.45) is 4.04. The molecule has 0 saturated carbocycles. The highest BCUT2D eigenvalue weighted by atomic mass is 35.5. The molecule has 1 saturated heterocycles. The van der Waals surface area contributed by atoms with Gasteiger partial charge < -0.3 is 4.90 Å². The summed E-state index contributed by atoms with van der Waals surface area (Å²) < 4.78 is 0. The molecule has 1 rings (SSSR count). The highest BCUT2D eigenvalue weighted by molar-refractivity contribution is 7.99. The Morgan fingerprint density at radius 2 is 2.06 bits per heavy atom. The number of alkyl halides is 1. The minimum absolute atomic E-state index is 0.295. The van der Waals surface area contributed by atoms with Crippen LogP contribution in [0.1, 0.15) is 39.5 Å². The Bertz CT molecular complexity index is 229. The number of hydrogen-bond acceptors (Lipinski definition) is 2. The second-order valence-corrected chi connectivity index (χ2v) is 6.59. The SMILES string of the molecule is CC(C)N(CCCCl)C(=O)CC1CCSCC1. The summed E-state index contributed by atoms with van der Waals surface area (Å²) in [7, 11) is 0. The van der Waals surface area contributed by atoms with E-state index < -0.39 is 0 Å². The molecule has 1 amide bonds. The molecule has 17 heavy (non-hydrogen) atoms. The molecule has 0 aliphatic carbocycles. The molecule has 4 heteroatoms. The van der Waals surface area contributed by atoms with Gasteiger partial charge in [-0.3, -0.25) is 4.79 Å². The summed E-state index contributed by atoms with van der Waals surface area (Å²) >= 11 is 7.72. The summed E-state index contributed by atoms with van der Waals surface area (Å²) in [4.78, 5) is 14.2. The van der Waals surface area contributed by atoms with Gasteiger partial charge in [-0.25, -0.2) is 0 Å². The summed E-state index contributed by atoms with van der Waals surface area (Å²) in [5.41, 5.74) is 0. The van der Waals surface area contributed by atoms with Gasteiger partial charge in [0.15, 0.2) is 0 Å². The fourth-order valence-electron chi connectivity index (χ4n) is 2.22. The number of hydrogen-bond donors (Lipinski definition) is 0. The molecule has 1 aliphatic heterocycles. The molecule has 1 fully saturated rings. The van der Waals surface area contributed by atoms with Gasteiger partial charge in [0.05, 0.1) is 0 Å². The van der Waals surface area contributed by atoms with Crippen molar-refractivity contribution in [1.82, 2.24) is 4.90 Å². The first-order valence-electron chi connectivity index (χ1n) is 6.58. The zero-order chi connectivity index (χ0) is 12.7. The van der Waals surface area contributed by atoms with Crippen LogP contribution < -0.4 is 0 Å². The second-order valence-electron chi connectivity index (χ2n) is 4.98. The lowest BCUT2D eigenvalue weighted by Gasteiger charge is -2.29. The Kier molecular flexibility index (Phi) is 7.36. The van der Waals surface area contributed by atoms with Crippen LogP contribution in [-0.4, -0.2) is 40.8 Å². The first-order valence-corrected chi connectivity index (χ1v) is 8.27. The summed E-state index contributed by atoms with van der Waals surface area (Å²) in [5, 5.41) is 0. The number of carbonyl (C=O) groups excluding carboxylic acids is 1. The molecule has 0 unspecified atom stereocenters. The molecule has 0 spiro atoms. The molecule has 2 nitrogen and oxygen atoms in total. The topological polar surface area (TPSA) is 20.3 Å². The van der Waals surface area contributed by atoms with Crippen molar-refractivity contribution in [1.29, 1.82) is 0 Å². The number of halogens is 1. The van der Waals surface area contributed by atoms with E-state index in [4.69, 9.17) is 11.6 Å². The lowest BCUT2D eigenvalue weighted by molar-refractivity contribution is -0.134. The van der Waals surface area contributed by atoms with Gasteiger partial charge in [0.2, 0.25) is 5.91 Å². The van der Waals surface area contributed by atoms with Crippen molar-refractivity contribution in [2.75, 3.05) is 23.9 Å². The Balaban J connectivity index is 2.40. The Labute approximate surface area is 114 Å². The van der Waals surface area contributed by atoms with Gasteiger partial charge in [0.25, 0.3) is 0 Å². The molecule has 0 bridgehead atoms. The van der Waals surface area contributed by atoms with E-state index in [0.29, 0.717) is 23.7 Å². The smallest absolute Gasteiger partial charge is 0.223 e. The minimum atomic E-state index is 0.295. The third-order valence-corrected chi connectivity index (χ3v) is 4.60. The van der Waals surface area contributed by atoms with E-state index in [2.05, 4.69) is 13.8 Å². The predicted octanol–water partition coefficient (Wildman–Crippen LogP) is 3.39. The lowest BCUT2D eigenvalue weighted by atomic mass is 9.98. The molecule has 0 N–H and O–H groups in total. The molecular formula is C13H24ClNOS. The molecule has 0 aromatic rings. The Morgan fingerprint density at radius 3 is 2.59 bits per heavy atom. The standard InChI is InChI=1S/C13H24ClNOS/c1-11(2)15(7-3-6-14)13(16)10-12-4-8-17-9-5-12/h11-12H,3-10H2,1-2H3. The van der Waals surface area contributed by atoms with Gasteiger partial charge in [0, 0.05) is 24.9 Å². The first kappa shape index (κ1) is 15.2.